The lowest BCUT2D eigenvalue weighted by molar-refractivity contribution is -0.142. The predicted octanol–water partition coefficient (Wildman–Crippen LogP) is 3.78. The van der Waals surface area contributed by atoms with Crippen LogP contribution in [-0.2, 0) is 19.1 Å². The molecule has 10 heteroatoms. The van der Waals surface area contributed by atoms with Crippen molar-refractivity contribution >= 4 is 35.6 Å². The molecule has 2 unspecified atom stereocenters. The number of nitrogens with two attached hydrogens (primary N) is 1. The number of ether oxygens (including phenoxy) is 2. The molecule has 10 nitrogen and oxygen atoms in total. The third-order valence-corrected chi connectivity index (χ3v) is 5.94. The summed E-state index contributed by atoms with van der Waals surface area (Å²) in [6.45, 7) is 8.85. The second kappa shape index (κ2) is 12.5. The van der Waals surface area contributed by atoms with Crippen molar-refractivity contribution in [2.24, 2.45) is 5.73 Å². The third kappa shape index (κ3) is 8.33. The molecule has 2 aromatic carbocycles. The Morgan fingerprint density at radius 3 is 2.33 bits per heavy atom. The normalized spacial score (nSPS) is 14.4. The minimum absolute atomic E-state index is 0.271. The van der Waals surface area contributed by atoms with Crippen molar-refractivity contribution in [2.45, 2.75) is 63.8 Å². The van der Waals surface area contributed by atoms with Crippen LogP contribution in [0.4, 0.5) is 10.5 Å². The minimum Gasteiger partial charge on any atom is -0.497 e. The second-order valence-corrected chi connectivity index (χ2v) is 10.3. The zero-order valence-electron chi connectivity index (χ0n) is 22.7. The van der Waals surface area contributed by atoms with Crippen LogP contribution in [-0.4, -0.2) is 53.5 Å². The van der Waals surface area contributed by atoms with Crippen molar-refractivity contribution in [1.29, 1.82) is 0 Å². The van der Waals surface area contributed by atoms with Gasteiger partial charge in [0.15, 0.2) is 0 Å². The number of alkyl carbamates (subject to hydrolysis) is 1. The van der Waals surface area contributed by atoms with Gasteiger partial charge >= 0.3 is 6.09 Å². The molecule has 39 heavy (non-hydrogen) atoms. The summed E-state index contributed by atoms with van der Waals surface area (Å²) in [6, 6.07) is 11.3. The van der Waals surface area contributed by atoms with E-state index in [0.717, 1.165) is 5.56 Å². The summed E-state index contributed by atoms with van der Waals surface area (Å²) in [6.07, 6.45) is 1.64. The smallest absolute Gasteiger partial charge is 0.408 e. The highest BCUT2D eigenvalue weighted by Gasteiger charge is 2.44. The van der Waals surface area contributed by atoms with Crippen molar-refractivity contribution in [3.8, 4) is 5.75 Å². The quantitative estimate of drug-likeness (QED) is 0.399. The fourth-order valence-electron chi connectivity index (χ4n) is 4.08. The van der Waals surface area contributed by atoms with Crippen molar-refractivity contribution in [2.75, 3.05) is 12.4 Å². The summed E-state index contributed by atoms with van der Waals surface area (Å²) in [5, 5.41) is 5.36. The van der Waals surface area contributed by atoms with Crippen molar-refractivity contribution in [3.05, 3.63) is 66.2 Å². The first kappa shape index (κ1) is 29.2. The van der Waals surface area contributed by atoms with Crippen LogP contribution < -0.4 is 21.1 Å². The Morgan fingerprint density at radius 2 is 1.79 bits per heavy atom. The summed E-state index contributed by atoms with van der Waals surface area (Å²) < 4.78 is 10.5. The molecule has 0 aliphatic heterocycles. The number of hydrogen-bond donors (Lipinski definition) is 3. The van der Waals surface area contributed by atoms with Crippen LogP contribution in [0.2, 0.25) is 0 Å². The van der Waals surface area contributed by atoms with E-state index in [-0.39, 0.29) is 6.04 Å². The number of nitrogens with one attached hydrogen (secondary N) is 2. The molecule has 0 radical (unpaired) electrons. The zero-order valence-corrected chi connectivity index (χ0v) is 22.7. The molecule has 4 amide bonds. The molecular formula is C29H36N4O6. The Labute approximate surface area is 228 Å². The van der Waals surface area contributed by atoms with Crippen LogP contribution in [0.3, 0.4) is 0 Å². The monoisotopic (exact) mass is 536 g/mol. The van der Waals surface area contributed by atoms with Gasteiger partial charge in [0.25, 0.3) is 5.91 Å². The summed E-state index contributed by atoms with van der Waals surface area (Å²) in [4.78, 5) is 53.7. The second-order valence-electron chi connectivity index (χ2n) is 10.3. The zero-order chi connectivity index (χ0) is 28.7. The SMILES string of the molecule is C=Cc1cccc(C(C(=O)Nc2ccc(OC)cc2)N(C(=O)C(CC(N)=O)NC(=O)OC(C)(C)C)C2CC2)c1. The van der Waals surface area contributed by atoms with Gasteiger partial charge in [0.2, 0.25) is 11.8 Å². The number of carbonyl (C=O) groups is 4. The first-order chi connectivity index (χ1) is 18.4. The number of nitrogens with zero attached hydrogens (tertiary/aromatic N) is 1. The third-order valence-electron chi connectivity index (χ3n) is 5.94. The van der Waals surface area contributed by atoms with Crippen LogP contribution in [0.1, 0.15) is 57.2 Å². The van der Waals surface area contributed by atoms with Crippen LogP contribution in [0.25, 0.3) is 6.08 Å². The number of primary amides is 1. The number of hydrogen-bond acceptors (Lipinski definition) is 6. The van der Waals surface area contributed by atoms with E-state index in [1.807, 2.05) is 6.07 Å². The Kier molecular flexibility index (Phi) is 9.34. The number of methoxy groups -OCH3 is 1. The van der Waals surface area contributed by atoms with Crippen LogP contribution in [0, 0.1) is 0 Å². The van der Waals surface area contributed by atoms with E-state index in [4.69, 9.17) is 15.2 Å². The van der Waals surface area contributed by atoms with Crippen LogP contribution in [0.15, 0.2) is 55.1 Å². The van der Waals surface area contributed by atoms with Gasteiger partial charge < -0.3 is 30.7 Å². The van der Waals surface area contributed by atoms with Crippen LogP contribution in [0.5, 0.6) is 5.75 Å². The minimum atomic E-state index is -1.32. The topological polar surface area (TPSA) is 140 Å². The van der Waals surface area contributed by atoms with E-state index < -0.39 is 47.9 Å². The van der Waals surface area contributed by atoms with Gasteiger partial charge in [-0.2, -0.15) is 0 Å². The molecule has 4 N–H and O–H groups in total. The van der Waals surface area contributed by atoms with E-state index in [1.54, 1.807) is 76.4 Å². The molecule has 1 saturated carbocycles. The van der Waals surface area contributed by atoms with Crippen LogP contribution >= 0.6 is 0 Å². The molecule has 2 aromatic rings. The maximum absolute atomic E-state index is 14.0. The fourth-order valence-corrected chi connectivity index (χ4v) is 4.08. The van der Waals surface area contributed by atoms with E-state index in [0.29, 0.717) is 29.8 Å². The average Bonchev–Trinajstić information content (AvgIpc) is 3.70. The van der Waals surface area contributed by atoms with Gasteiger partial charge in [-0.1, -0.05) is 30.9 Å². The summed E-state index contributed by atoms with van der Waals surface area (Å²) in [5.41, 5.74) is 6.43. The van der Waals surface area contributed by atoms with E-state index in [1.165, 1.54) is 4.90 Å². The molecule has 208 valence electrons. The van der Waals surface area contributed by atoms with Crippen molar-refractivity contribution < 1.29 is 28.7 Å². The Balaban J connectivity index is 2.00. The molecule has 0 spiro atoms. The van der Waals surface area contributed by atoms with E-state index in [2.05, 4.69) is 17.2 Å². The fraction of sp³-hybridized carbons (Fsp3) is 0.379. The molecule has 3 rings (SSSR count). The van der Waals surface area contributed by atoms with Gasteiger partial charge in [-0.15, -0.1) is 0 Å². The number of amides is 4. The number of carbonyl (C=O) groups excluding carboxylic acids is 4. The molecule has 0 heterocycles. The highest BCUT2D eigenvalue weighted by atomic mass is 16.6. The molecule has 2 atom stereocenters. The summed E-state index contributed by atoms with van der Waals surface area (Å²) in [5.74, 6) is -1.23. The Bertz CT molecular complexity index is 1220. The molecule has 0 saturated heterocycles. The van der Waals surface area contributed by atoms with Gasteiger partial charge in [-0.3, -0.25) is 14.4 Å². The van der Waals surface area contributed by atoms with E-state index in [9.17, 15) is 19.2 Å². The molecule has 0 aromatic heterocycles. The average molecular weight is 537 g/mol. The summed E-state index contributed by atoms with van der Waals surface area (Å²) >= 11 is 0. The van der Waals surface area contributed by atoms with Gasteiger partial charge in [-0.05, 0) is 75.1 Å². The number of rotatable bonds is 11. The largest absolute Gasteiger partial charge is 0.497 e. The highest BCUT2D eigenvalue weighted by molar-refractivity contribution is 6.00. The number of benzene rings is 2. The lowest BCUT2D eigenvalue weighted by atomic mass is 9.99. The van der Waals surface area contributed by atoms with Gasteiger partial charge in [0.1, 0.15) is 23.4 Å². The maximum atomic E-state index is 14.0. The molecular weight excluding hydrogens is 500 g/mol. The highest BCUT2D eigenvalue weighted by Crippen LogP contribution is 2.36. The lowest BCUT2D eigenvalue weighted by Gasteiger charge is -2.34. The molecule has 1 aliphatic carbocycles. The van der Waals surface area contributed by atoms with Gasteiger partial charge in [0, 0.05) is 11.7 Å². The standard InChI is InChI=1S/C29H36N4O6/c1-6-18-8-7-9-19(16-18)25(26(35)31-20-10-14-22(38-5)15-11-20)33(21-12-13-21)27(36)23(17-24(30)34)32-28(37)39-29(2,3)4/h6-11,14-16,21,23,25H,1,12-13,17H2,2-5H3,(H2,30,34)(H,31,35)(H,32,37). The van der Waals surface area contributed by atoms with Gasteiger partial charge in [-0.25, -0.2) is 4.79 Å². The summed E-state index contributed by atoms with van der Waals surface area (Å²) in [7, 11) is 1.54. The van der Waals surface area contributed by atoms with E-state index >= 15 is 0 Å². The van der Waals surface area contributed by atoms with Crippen molar-refractivity contribution in [1.82, 2.24) is 10.2 Å². The maximum Gasteiger partial charge on any atom is 0.408 e. The molecule has 1 aliphatic rings. The number of anilines is 1. The Hall–Kier alpha value is -4.34. The predicted molar refractivity (Wildman–Crippen MR) is 148 cm³/mol. The molecule has 1 fully saturated rings. The van der Waals surface area contributed by atoms with Crippen molar-refractivity contribution in [3.63, 3.8) is 0 Å². The first-order valence-electron chi connectivity index (χ1n) is 12.7. The van der Waals surface area contributed by atoms with Gasteiger partial charge in [0.05, 0.1) is 13.5 Å². The first-order valence-corrected chi connectivity index (χ1v) is 12.7. The Morgan fingerprint density at radius 1 is 1.13 bits per heavy atom. The lowest BCUT2D eigenvalue weighted by Crippen LogP contribution is -2.54. The molecule has 0 bridgehead atoms.